The highest BCUT2D eigenvalue weighted by atomic mass is 16.6. The fourth-order valence-electron chi connectivity index (χ4n) is 2.80. The van der Waals surface area contributed by atoms with Gasteiger partial charge in [0.15, 0.2) is 0 Å². The zero-order chi connectivity index (χ0) is 17.7. The second-order valence-electron chi connectivity index (χ2n) is 5.92. The molecule has 5 heteroatoms. The first-order valence-electron chi connectivity index (χ1n) is 8.37. The molecule has 1 atom stereocenters. The van der Waals surface area contributed by atoms with Crippen molar-refractivity contribution in [2.45, 2.75) is 18.4 Å². The third kappa shape index (κ3) is 3.72. The van der Waals surface area contributed by atoms with E-state index in [4.69, 9.17) is 9.47 Å². The second-order valence-corrected chi connectivity index (χ2v) is 5.92. The number of ether oxygens (including phenoxy) is 2. The number of carbonyl (C=O) groups excluding carboxylic acids is 2. The summed E-state index contributed by atoms with van der Waals surface area (Å²) in [6.45, 7) is 2.36. The maximum Gasteiger partial charge on any atom is 0.350 e. The number of nitrogens with one attached hydrogen (secondary N) is 1. The average molecular weight is 339 g/mol. The predicted octanol–water partition coefficient (Wildman–Crippen LogP) is 2.27. The molecule has 1 saturated heterocycles. The van der Waals surface area contributed by atoms with Crippen molar-refractivity contribution < 1.29 is 19.1 Å². The molecule has 0 radical (unpaired) electrons. The van der Waals surface area contributed by atoms with Crippen molar-refractivity contribution in [2.24, 2.45) is 0 Å². The van der Waals surface area contributed by atoms with Crippen molar-refractivity contribution in [2.75, 3.05) is 19.8 Å². The molecule has 1 aliphatic rings. The molecule has 1 fully saturated rings. The summed E-state index contributed by atoms with van der Waals surface area (Å²) in [7, 11) is 0. The fourth-order valence-corrected chi connectivity index (χ4v) is 2.80. The lowest BCUT2D eigenvalue weighted by Gasteiger charge is -2.20. The van der Waals surface area contributed by atoms with Gasteiger partial charge in [-0.1, -0.05) is 60.7 Å². The Kier molecular flexibility index (Phi) is 5.14. The summed E-state index contributed by atoms with van der Waals surface area (Å²) in [5, 5.41) is 2.86. The van der Waals surface area contributed by atoms with Gasteiger partial charge in [-0.2, -0.15) is 0 Å². The van der Waals surface area contributed by atoms with Crippen LogP contribution >= 0.6 is 0 Å². The van der Waals surface area contributed by atoms with E-state index in [9.17, 15) is 9.59 Å². The van der Waals surface area contributed by atoms with E-state index in [0.29, 0.717) is 6.54 Å². The highest BCUT2D eigenvalue weighted by Crippen LogP contribution is 2.30. The van der Waals surface area contributed by atoms with Gasteiger partial charge in [0.05, 0.1) is 13.2 Å². The number of epoxide rings is 1. The molecule has 5 nitrogen and oxygen atoms in total. The minimum Gasteiger partial charge on any atom is -0.463 e. The van der Waals surface area contributed by atoms with Gasteiger partial charge in [-0.15, -0.1) is 0 Å². The smallest absolute Gasteiger partial charge is 0.350 e. The minimum atomic E-state index is -1.46. The van der Waals surface area contributed by atoms with Crippen LogP contribution in [0.3, 0.4) is 0 Å². The van der Waals surface area contributed by atoms with E-state index in [0.717, 1.165) is 11.1 Å². The molecular weight excluding hydrogens is 318 g/mol. The topological polar surface area (TPSA) is 67.9 Å². The normalized spacial score (nSPS) is 18.6. The summed E-state index contributed by atoms with van der Waals surface area (Å²) in [5.74, 6) is -1.07. The second kappa shape index (κ2) is 7.49. The molecule has 2 aromatic carbocycles. The highest BCUT2D eigenvalue weighted by Gasteiger charge is 2.60. The van der Waals surface area contributed by atoms with Crippen molar-refractivity contribution in [3.05, 3.63) is 71.8 Å². The lowest BCUT2D eigenvalue weighted by atomic mass is 9.91. The molecule has 2 aromatic rings. The van der Waals surface area contributed by atoms with Crippen molar-refractivity contribution in [3.63, 3.8) is 0 Å². The Balaban J connectivity index is 1.74. The van der Waals surface area contributed by atoms with E-state index >= 15 is 0 Å². The Morgan fingerprint density at radius 2 is 1.60 bits per heavy atom. The predicted molar refractivity (Wildman–Crippen MR) is 93.1 cm³/mol. The monoisotopic (exact) mass is 339 g/mol. The molecule has 130 valence electrons. The van der Waals surface area contributed by atoms with Crippen LogP contribution < -0.4 is 5.32 Å². The third-order valence-electron chi connectivity index (χ3n) is 4.28. The zero-order valence-electron chi connectivity index (χ0n) is 14.1. The SMILES string of the molecule is CCOC(=O)C1(C(=O)NCC(c2ccccc2)c2ccccc2)CO1. The van der Waals surface area contributed by atoms with Gasteiger partial charge in [0.25, 0.3) is 11.5 Å². The molecule has 0 aliphatic carbocycles. The number of rotatable bonds is 7. The van der Waals surface area contributed by atoms with Gasteiger partial charge >= 0.3 is 5.97 Å². The highest BCUT2D eigenvalue weighted by molar-refractivity contribution is 6.09. The quantitative estimate of drug-likeness (QED) is 0.477. The zero-order valence-corrected chi connectivity index (χ0v) is 14.1. The number of carbonyl (C=O) groups is 2. The van der Waals surface area contributed by atoms with Gasteiger partial charge in [0.1, 0.15) is 0 Å². The standard InChI is InChI=1S/C20H21NO4/c1-2-24-19(23)20(14-25-20)18(22)21-13-17(15-9-5-3-6-10-15)16-11-7-4-8-12-16/h3-12,17H,2,13-14H2,1H3,(H,21,22). The molecule has 0 aromatic heterocycles. The lowest BCUT2D eigenvalue weighted by molar-refractivity contribution is -0.153. The van der Waals surface area contributed by atoms with Crippen molar-refractivity contribution in [1.82, 2.24) is 5.32 Å². The summed E-state index contributed by atoms with van der Waals surface area (Å²) < 4.78 is 10.1. The first-order valence-corrected chi connectivity index (χ1v) is 8.37. The van der Waals surface area contributed by atoms with E-state index < -0.39 is 17.5 Å². The van der Waals surface area contributed by atoms with Gasteiger partial charge in [-0.3, -0.25) is 4.79 Å². The summed E-state index contributed by atoms with van der Waals surface area (Å²) in [6, 6.07) is 19.9. The summed E-state index contributed by atoms with van der Waals surface area (Å²) in [5.41, 5.74) is 0.723. The van der Waals surface area contributed by atoms with Crippen LogP contribution in [0, 0.1) is 0 Å². The minimum absolute atomic E-state index is 0.00987. The first-order chi connectivity index (χ1) is 12.2. The van der Waals surface area contributed by atoms with Crippen LogP contribution in [0.25, 0.3) is 0 Å². The molecule has 0 bridgehead atoms. The van der Waals surface area contributed by atoms with Gasteiger partial charge in [0.2, 0.25) is 0 Å². The van der Waals surface area contributed by atoms with Crippen LogP contribution in [0.15, 0.2) is 60.7 Å². The molecule has 1 heterocycles. The van der Waals surface area contributed by atoms with Crippen molar-refractivity contribution >= 4 is 11.9 Å². The summed E-state index contributed by atoms with van der Waals surface area (Å²) in [4.78, 5) is 24.4. The third-order valence-corrected chi connectivity index (χ3v) is 4.28. The Hall–Kier alpha value is -2.66. The molecule has 3 rings (SSSR count). The number of esters is 1. The number of benzene rings is 2. The molecule has 1 aliphatic heterocycles. The van der Waals surface area contributed by atoms with Crippen LogP contribution in [-0.4, -0.2) is 37.2 Å². The number of hydrogen-bond acceptors (Lipinski definition) is 4. The molecule has 1 unspecified atom stereocenters. The van der Waals surface area contributed by atoms with Crippen LogP contribution in [0.2, 0.25) is 0 Å². The van der Waals surface area contributed by atoms with E-state index in [1.807, 2.05) is 60.7 Å². The first kappa shape index (κ1) is 17.2. The van der Waals surface area contributed by atoms with E-state index in [1.54, 1.807) is 6.92 Å². The van der Waals surface area contributed by atoms with E-state index in [1.165, 1.54) is 0 Å². The molecule has 1 amide bonds. The van der Waals surface area contributed by atoms with Crippen LogP contribution in [-0.2, 0) is 19.1 Å². The van der Waals surface area contributed by atoms with Crippen molar-refractivity contribution in [3.8, 4) is 0 Å². The lowest BCUT2D eigenvalue weighted by Crippen LogP contribution is -2.45. The van der Waals surface area contributed by atoms with E-state index in [-0.39, 0.29) is 19.1 Å². The Morgan fingerprint density at radius 1 is 1.08 bits per heavy atom. The fraction of sp³-hybridized carbons (Fsp3) is 0.300. The Morgan fingerprint density at radius 3 is 2.04 bits per heavy atom. The van der Waals surface area contributed by atoms with Crippen molar-refractivity contribution in [1.29, 1.82) is 0 Å². The maximum absolute atomic E-state index is 12.5. The molecule has 25 heavy (non-hydrogen) atoms. The Labute approximate surface area is 147 Å². The molecule has 0 spiro atoms. The molecule has 0 saturated carbocycles. The average Bonchev–Trinajstić information content (AvgIpc) is 3.46. The maximum atomic E-state index is 12.5. The summed E-state index contributed by atoms with van der Waals surface area (Å²) >= 11 is 0. The van der Waals surface area contributed by atoms with Gasteiger partial charge in [-0.25, -0.2) is 4.79 Å². The molecular formula is C20H21NO4. The van der Waals surface area contributed by atoms with Gasteiger partial charge < -0.3 is 14.8 Å². The Bertz CT molecular complexity index is 686. The largest absolute Gasteiger partial charge is 0.463 e. The van der Waals surface area contributed by atoms with Crippen LogP contribution in [0.5, 0.6) is 0 Å². The van der Waals surface area contributed by atoms with E-state index in [2.05, 4.69) is 5.32 Å². The molecule has 1 N–H and O–H groups in total. The van der Waals surface area contributed by atoms with Gasteiger partial charge in [0, 0.05) is 12.5 Å². The van der Waals surface area contributed by atoms with Crippen LogP contribution in [0.4, 0.5) is 0 Å². The van der Waals surface area contributed by atoms with Gasteiger partial charge in [-0.05, 0) is 18.1 Å². The van der Waals surface area contributed by atoms with Crippen LogP contribution in [0.1, 0.15) is 24.0 Å². The summed E-state index contributed by atoms with van der Waals surface area (Å²) in [6.07, 6.45) is 0. The number of hydrogen-bond donors (Lipinski definition) is 1. The number of amides is 1.